The predicted molar refractivity (Wildman–Crippen MR) is 54.9 cm³/mol. The third-order valence-electron chi connectivity index (χ3n) is 2.97. The second-order valence-corrected chi connectivity index (χ2v) is 4.25. The molecule has 0 saturated carbocycles. The van der Waals surface area contributed by atoms with Gasteiger partial charge in [-0.25, -0.2) is 0 Å². The van der Waals surface area contributed by atoms with E-state index in [9.17, 15) is 4.79 Å². The fourth-order valence-corrected chi connectivity index (χ4v) is 1.65. The van der Waals surface area contributed by atoms with Gasteiger partial charge in [0.25, 0.3) is 0 Å². The summed E-state index contributed by atoms with van der Waals surface area (Å²) in [5.41, 5.74) is -0.289. The lowest BCUT2D eigenvalue weighted by atomic mass is 9.88. The minimum absolute atomic E-state index is 0.0196. The topological polar surface area (TPSA) is 61.4 Å². The average Bonchev–Trinajstić information content (AvgIpc) is 2.62. The van der Waals surface area contributed by atoms with Crippen molar-refractivity contribution in [2.45, 2.75) is 32.7 Å². The number of nitrogens with one attached hydrogen (secondary N) is 2. The van der Waals surface area contributed by atoms with E-state index in [1.807, 2.05) is 13.8 Å². The SMILES string of the molecule is CC[C@@H](CO)NC(=O)C1(C)CCNC1. The van der Waals surface area contributed by atoms with E-state index in [-0.39, 0.29) is 24.0 Å². The maximum absolute atomic E-state index is 11.8. The van der Waals surface area contributed by atoms with Crippen molar-refractivity contribution in [1.82, 2.24) is 10.6 Å². The molecule has 0 aromatic rings. The van der Waals surface area contributed by atoms with Crippen LogP contribution in [0.2, 0.25) is 0 Å². The summed E-state index contributed by atoms with van der Waals surface area (Å²) in [6.45, 7) is 5.58. The Kier molecular flexibility index (Phi) is 3.89. The fraction of sp³-hybridized carbons (Fsp3) is 0.900. The zero-order chi connectivity index (χ0) is 10.6. The van der Waals surface area contributed by atoms with Gasteiger partial charge in [0, 0.05) is 6.54 Å². The van der Waals surface area contributed by atoms with Crippen molar-refractivity contribution >= 4 is 5.91 Å². The van der Waals surface area contributed by atoms with Gasteiger partial charge >= 0.3 is 0 Å². The van der Waals surface area contributed by atoms with E-state index in [0.717, 1.165) is 25.9 Å². The molecule has 3 N–H and O–H groups in total. The molecule has 1 amide bonds. The summed E-state index contributed by atoms with van der Waals surface area (Å²) >= 11 is 0. The number of carbonyl (C=O) groups excluding carboxylic acids is 1. The Morgan fingerprint density at radius 2 is 2.43 bits per heavy atom. The van der Waals surface area contributed by atoms with Crippen molar-refractivity contribution in [2.75, 3.05) is 19.7 Å². The standard InChI is InChI=1S/C10H20N2O2/c1-3-8(6-13)12-9(14)10(2)4-5-11-7-10/h8,11,13H,3-7H2,1-2H3,(H,12,14)/t8-,10?/m0/s1. The first-order valence-corrected chi connectivity index (χ1v) is 5.25. The molecule has 1 saturated heterocycles. The molecule has 0 radical (unpaired) electrons. The molecule has 1 fully saturated rings. The van der Waals surface area contributed by atoms with Crippen LogP contribution in [0.1, 0.15) is 26.7 Å². The monoisotopic (exact) mass is 200 g/mol. The van der Waals surface area contributed by atoms with Crippen LogP contribution in [0.5, 0.6) is 0 Å². The van der Waals surface area contributed by atoms with E-state index in [1.54, 1.807) is 0 Å². The first kappa shape index (κ1) is 11.5. The van der Waals surface area contributed by atoms with E-state index in [2.05, 4.69) is 10.6 Å². The van der Waals surface area contributed by atoms with Crippen LogP contribution < -0.4 is 10.6 Å². The maximum atomic E-state index is 11.8. The maximum Gasteiger partial charge on any atom is 0.227 e. The molecule has 2 atom stereocenters. The van der Waals surface area contributed by atoms with E-state index in [4.69, 9.17) is 5.11 Å². The second-order valence-electron chi connectivity index (χ2n) is 4.25. The van der Waals surface area contributed by atoms with Crippen LogP contribution in [0, 0.1) is 5.41 Å². The quantitative estimate of drug-likeness (QED) is 0.592. The summed E-state index contributed by atoms with van der Waals surface area (Å²) < 4.78 is 0. The molecular weight excluding hydrogens is 180 g/mol. The molecular formula is C10H20N2O2. The van der Waals surface area contributed by atoms with Crippen molar-refractivity contribution in [3.63, 3.8) is 0 Å². The molecule has 0 spiro atoms. The normalized spacial score (nSPS) is 28.8. The Morgan fingerprint density at radius 3 is 2.86 bits per heavy atom. The molecule has 82 valence electrons. The largest absolute Gasteiger partial charge is 0.394 e. The third kappa shape index (κ3) is 2.45. The number of hydrogen-bond acceptors (Lipinski definition) is 3. The van der Waals surface area contributed by atoms with Crippen LogP contribution in [0.25, 0.3) is 0 Å². The van der Waals surface area contributed by atoms with Crippen molar-refractivity contribution in [1.29, 1.82) is 0 Å². The summed E-state index contributed by atoms with van der Waals surface area (Å²) in [7, 11) is 0. The Hall–Kier alpha value is -0.610. The van der Waals surface area contributed by atoms with Crippen molar-refractivity contribution in [3.8, 4) is 0 Å². The molecule has 14 heavy (non-hydrogen) atoms. The first-order valence-electron chi connectivity index (χ1n) is 5.25. The number of carbonyl (C=O) groups is 1. The minimum atomic E-state index is -0.289. The second kappa shape index (κ2) is 4.75. The first-order chi connectivity index (χ1) is 6.62. The number of rotatable bonds is 4. The molecule has 1 aliphatic heterocycles. The van der Waals surface area contributed by atoms with Gasteiger partial charge in [-0.05, 0) is 26.3 Å². The number of hydrogen-bond donors (Lipinski definition) is 3. The zero-order valence-corrected chi connectivity index (χ0v) is 8.97. The lowest BCUT2D eigenvalue weighted by Gasteiger charge is -2.24. The van der Waals surface area contributed by atoms with Crippen LogP contribution in [0.15, 0.2) is 0 Å². The Bertz CT molecular complexity index is 196. The van der Waals surface area contributed by atoms with E-state index in [1.165, 1.54) is 0 Å². The Labute approximate surface area is 85.1 Å². The summed E-state index contributed by atoms with van der Waals surface area (Å²) in [4.78, 5) is 11.8. The van der Waals surface area contributed by atoms with Gasteiger partial charge in [-0.2, -0.15) is 0 Å². The Morgan fingerprint density at radius 1 is 1.71 bits per heavy atom. The predicted octanol–water partition coefficient (Wildman–Crippen LogP) is -0.127. The highest BCUT2D eigenvalue weighted by atomic mass is 16.3. The van der Waals surface area contributed by atoms with Gasteiger partial charge in [0.1, 0.15) is 0 Å². The summed E-state index contributed by atoms with van der Waals surface area (Å²) in [6, 6.07) is -0.0973. The van der Waals surface area contributed by atoms with Crippen LogP contribution >= 0.6 is 0 Å². The summed E-state index contributed by atoms with van der Waals surface area (Å²) in [5.74, 6) is 0.0587. The smallest absolute Gasteiger partial charge is 0.227 e. The van der Waals surface area contributed by atoms with E-state index in [0.29, 0.717) is 0 Å². The molecule has 4 nitrogen and oxygen atoms in total. The minimum Gasteiger partial charge on any atom is -0.394 e. The summed E-state index contributed by atoms with van der Waals surface area (Å²) in [6.07, 6.45) is 1.65. The van der Waals surface area contributed by atoms with Gasteiger partial charge in [0.15, 0.2) is 0 Å². The molecule has 1 rings (SSSR count). The van der Waals surface area contributed by atoms with Gasteiger partial charge in [-0.1, -0.05) is 6.92 Å². The highest BCUT2D eigenvalue weighted by molar-refractivity contribution is 5.83. The lowest BCUT2D eigenvalue weighted by molar-refractivity contribution is -0.130. The van der Waals surface area contributed by atoms with Crippen LogP contribution in [-0.4, -0.2) is 36.8 Å². The molecule has 1 heterocycles. The van der Waals surface area contributed by atoms with Crippen molar-refractivity contribution < 1.29 is 9.90 Å². The van der Waals surface area contributed by atoms with Crippen LogP contribution in [0.4, 0.5) is 0 Å². The highest BCUT2D eigenvalue weighted by Gasteiger charge is 2.36. The molecule has 1 unspecified atom stereocenters. The number of amides is 1. The van der Waals surface area contributed by atoms with E-state index >= 15 is 0 Å². The fourth-order valence-electron chi connectivity index (χ4n) is 1.65. The van der Waals surface area contributed by atoms with Gasteiger partial charge in [-0.15, -0.1) is 0 Å². The zero-order valence-electron chi connectivity index (χ0n) is 8.97. The van der Waals surface area contributed by atoms with Crippen LogP contribution in [-0.2, 0) is 4.79 Å². The average molecular weight is 200 g/mol. The highest BCUT2D eigenvalue weighted by Crippen LogP contribution is 2.24. The molecule has 0 aromatic heterocycles. The van der Waals surface area contributed by atoms with Gasteiger partial charge in [-0.3, -0.25) is 4.79 Å². The van der Waals surface area contributed by atoms with Gasteiger partial charge in [0.05, 0.1) is 18.1 Å². The molecule has 1 aliphatic rings. The molecule has 4 heteroatoms. The van der Waals surface area contributed by atoms with Crippen LogP contribution in [0.3, 0.4) is 0 Å². The van der Waals surface area contributed by atoms with Crippen molar-refractivity contribution in [2.24, 2.45) is 5.41 Å². The lowest BCUT2D eigenvalue weighted by Crippen LogP contribution is -2.46. The molecule has 0 aromatic carbocycles. The van der Waals surface area contributed by atoms with Gasteiger partial charge < -0.3 is 15.7 Å². The number of aliphatic hydroxyl groups excluding tert-OH is 1. The molecule has 0 bridgehead atoms. The Balaban J connectivity index is 2.48. The van der Waals surface area contributed by atoms with Crippen molar-refractivity contribution in [3.05, 3.63) is 0 Å². The summed E-state index contributed by atoms with van der Waals surface area (Å²) in [5, 5.41) is 15.0. The third-order valence-corrected chi connectivity index (χ3v) is 2.97. The van der Waals surface area contributed by atoms with E-state index < -0.39 is 0 Å². The molecule has 0 aliphatic carbocycles. The number of aliphatic hydroxyl groups is 1. The van der Waals surface area contributed by atoms with Gasteiger partial charge in [0.2, 0.25) is 5.91 Å².